The van der Waals surface area contributed by atoms with Gasteiger partial charge in [-0.05, 0) is 67.4 Å². The molecule has 1 aliphatic heterocycles. The monoisotopic (exact) mass is 321 g/mol. The molecule has 1 aromatic rings. The Morgan fingerprint density at radius 3 is 2.84 bits per heavy atom. The van der Waals surface area contributed by atoms with Crippen molar-refractivity contribution in [3.8, 4) is 6.07 Å². The Morgan fingerprint density at radius 1 is 1.53 bits per heavy atom. The highest BCUT2D eigenvalue weighted by molar-refractivity contribution is 9.10. The molecule has 1 saturated heterocycles. The van der Waals surface area contributed by atoms with Crippen LogP contribution < -0.4 is 10.2 Å². The van der Waals surface area contributed by atoms with Crippen LogP contribution in [-0.4, -0.2) is 25.2 Å². The number of hydrogen-bond donors (Lipinski definition) is 1. The van der Waals surface area contributed by atoms with E-state index in [4.69, 9.17) is 5.26 Å². The van der Waals surface area contributed by atoms with Crippen LogP contribution in [0.5, 0.6) is 0 Å². The number of halogens is 1. The van der Waals surface area contributed by atoms with Crippen molar-refractivity contribution in [2.75, 3.05) is 18.0 Å². The first kappa shape index (κ1) is 14.4. The van der Waals surface area contributed by atoms with Gasteiger partial charge in [-0.3, -0.25) is 0 Å². The zero-order valence-electron chi connectivity index (χ0n) is 11.5. The van der Waals surface area contributed by atoms with Gasteiger partial charge in [0, 0.05) is 28.8 Å². The molecule has 0 bridgehead atoms. The fourth-order valence-corrected chi connectivity index (χ4v) is 2.99. The second-order valence-electron chi connectivity index (χ2n) is 5.32. The van der Waals surface area contributed by atoms with Crippen LogP contribution in [0.3, 0.4) is 0 Å². The van der Waals surface area contributed by atoms with E-state index in [1.807, 2.05) is 18.2 Å². The number of hydrogen-bond acceptors (Lipinski definition) is 3. The first-order valence-corrected chi connectivity index (χ1v) is 7.61. The van der Waals surface area contributed by atoms with Crippen LogP contribution in [0.25, 0.3) is 0 Å². The van der Waals surface area contributed by atoms with Gasteiger partial charge >= 0.3 is 0 Å². The lowest BCUT2D eigenvalue weighted by Crippen LogP contribution is -2.41. The normalized spacial score (nSPS) is 18.6. The summed E-state index contributed by atoms with van der Waals surface area (Å²) in [6.45, 7) is 6.58. The Kier molecular flexibility index (Phi) is 4.84. The van der Waals surface area contributed by atoms with E-state index in [9.17, 15) is 0 Å². The van der Waals surface area contributed by atoms with Gasteiger partial charge in [-0.15, -0.1) is 0 Å². The van der Waals surface area contributed by atoms with E-state index in [1.165, 1.54) is 18.5 Å². The number of nitriles is 1. The summed E-state index contributed by atoms with van der Waals surface area (Å²) >= 11 is 3.47. The fourth-order valence-electron chi connectivity index (χ4n) is 2.54. The van der Waals surface area contributed by atoms with Crippen molar-refractivity contribution >= 4 is 21.6 Å². The zero-order chi connectivity index (χ0) is 13.8. The van der Waals surface area contributed by atoms with Gasteiger partial charge in [0.1, 0.15) is 6.07 Å². The van der Waals surface area contributed by atoms with Crippen LogP contribution in [0.2, 0.25) is 0 Å². The number of nitrogens with zero attached hydrogens (tertiary/aromatic N) is 2. The third-order valence-electron chi connectivity index (χ3n) is 3.61. The van der Waals surface area contributed by atoms with E-state index in [2.05, 4.69) is 46.1 Å². The smallest absolute Gasteiger partial charge is 0.100 e. The van der Waals surface area contributed by atoms with Crippen molar-refractivity contribution in [1.29, 1.82) is 5.26 Å². The quantitative estimate of drug-likeness (QED) is 0.924. The van der Waals surface area contributed by atoms with Crippen molar-refractivity contribution in [2.24, 2.45) is 0 Å². The Balaban J connectivity index is 2.18. The van der Waals surface area contributed by atoms with Crippen LogP contribution in [0.1, 0.15) is 32.3 Å². The van der Waals surface area contributed by atoms with Crippen molar-refractivity contribution < 1.29 is 0 Å². The maximum absolute atomic E-state index is 8.98. The minimum atomic E-state index is 0.447. The second kappa shape index (κ2) is 6.40. The molecule has 102 valence electrons. The molecular formula is C15H20BrN3. The number of anilines is 1. The summed E-state index contributed by atoms with van der Waals surface area (Å²) in [7, 11) is 0. The molecule has 1 unspecified atom stereocenters. The molecule has 0 spiro atoms. The standard InChI is InChI=1S/C15H20BrN3/c1-11(2)19(10-13-4-3-7-18-13)14-6-5-12(9-17)15(16)8-14/h5-6,8,11,13,18H,3-4,7,10H2,1-2H3. The minimum absolute atomic E-state index is 0.447. The highest BCUT2D eigenvalue weighted by Gasteiger charge is 2.20. The van der Waals surface area contributed by atoms with Crippen LogP contribution in [0, 0.1) is 11.3 Å². The first-order chi connectivity index (χ1) is 9.11. The SMILES string of the molecule is CC(C)N(CC1CCCN1)c1ccc(C#N)c(Br)c1. The van der Waals surface area contributed by atoms with Crippen LogP contribution in [-0.2, 0) is 0 Å². The molecule has 4 heteroatoms. The lowest BCUT2D eigenvalue weighted by Gasteiger charge is -2.32. The molecule has 1 heterocycles. The highest BCUT2D eigenvalue weighted by Crippen LogP contribution is 2.26. The van der Waals surface area contributed by atoms with E-state index in [0.717, 1.165) is 17.6 Å². The van der Waals surface area contributed by atoms with Crippen molar-refractivity contribution in [2.45, 2.75) is 38.8 Å². The largest absolute Gasteiger partial charge is 0.368 e. The number of rotatable bonds is 4. The Morgan fingerprint density at radius 2 is 2.32 bits per heavy atom. The zero-order valence-corrected chi connectivity index (χ0v) is 13.1. The van der Waals surface area contributed by atoms with Gasteiger partial charge < -0.3 is 10.2 Å². The average molecular weight is 322 g/mol. The van der Waals surface area contributed by atoms with Crippen molar-refractivity contribution in [1.82, 2.24) is 5.32 Å². The van der Waals surface area contributed by atoms with Crippen molar-refractivity contribution in [3.63, 3.8) is 0 Å². The molecule has 0 radical (unpaired) electrons. The van der Waals surface area contributed by atoms with E-state index in [-0.39, 0.29) is 0 Å². The molecule has 19 heavy (non-hydrogen) atoms. The van der Waals surface area contributed by atoms with Crippen molar-refractivity contribution in [3.05, 3.63) is 28.2 Å². The molecular weight excluding hydrogens is 302 g/mol. The molecule has 1 atom stereocenters. The third kappa shape index (κ3) is 3.49. The lowest BCUT2D eigenvalue weighted by atomic mass is 10.1. The van der Waals surface area contributed by atoms with Gasteiger partial charge in [0.2, 0.25) is 0 Å². The molecule has 1 aliphatic rings. The maximum Gasteiger partial charge on any atom is 0.100 e. The van der Waals surface area contributed by atoms with Gasteiger partial charge in [-0.1, -0.05) is 0 Å². The molecule has 0 aromatic heterocycles. The third-order valence-corrected chi connectivity index (χ3v) is 4.26. The minimum Gasteiger partial charge on any atom is -0.368 e. The summed E-state index contributed by atoms with van der Waals surface area (Å²) in [4.78, 5) is 2.40. The predicted octanol–water partition coefficient (Wildman–Crippen LogP) is 3.29. The molecule has 1 fully saturated rings. The summed E-state index contributed by atoms with van der Waals surface area (Å²) in [6.07, 6.45) is 2.52. The average Bonchev–Trinajstić information content (AvgIpc) is 2.88. The second-order valence-corrected chi connectivity index (χ2v) is 6.17. The number of nitrogens with one attached hydrogen (secondary N) is 1. The summed E-state index contributed by atoms with van der Waals surface area (Å²) < 4.78 is 0.873. The van der Waals surface area contributed by atoms with Gasteiger partial charge in [0.25, 0.3) is 0 Å². The van der Waals surface area contributed by atoms with Crippen LogP contribution in [0.4, 0.5) is 5.69 Å². The predicted molar refractivity (Wildman–Crippen MR) is 82.4 cm³/mol. The molecule has 0 amide bonds. The maximum atomic E-state index is 8.98. The van der Waals surface area contributed by atoms with E-state index >= 15 is 0 Å². The van der Waals surface area contributed by atoms with E-state index < -0.39 is 0 Å². The summed E-state index contributed by atoms with van der Waals surface area (Å²) in [6, 6.07) is 9.19. The Labute approximate surface area is 123 Å². The van der Waals surface area contributed by atoms with Gasteiger partial charge in [-0.2, -0.15) is 5.26 Å². The molecule has 3 nitrogen and oxygen atoms in total. The van der Waals surface area contributed by atoms with Gasteiger partial charge in [-0.25, -0.2) is 0 Å². The number of benzene rings is 1. The fraction of sp³-hybridized carbons (Fsp3) is 0.533. The Hall–Kier alpha value is -1.05. The van der Waals surface area contributed by atoms with E-state index in [1.54, 1.807) is 0 Å². The van der Waals surface area contributed by atoms with Crippen LogP contribution in [0.15, 0.2) is 22.7 Å². The molecule has 1 aromatic carbocycles. The molecule has 0 saturated carbocycles. The summed E-state index contributed by atoms with van der Waals surface area (Å²) in [5, 5.41) is 12.5. The first-order valence-electron chi connectivity index (χ1n) is 6.81. The molecule has 2 rings (SSSR count). The van der Waals surface area contributed by atoms with E-state index in [0.29, 0.717) is 17.6 Å². The molecule has 1 N–H and O–H groups in total. The summed E-state index contributed by atoms with van der Waals surface area (Å²) in [5.74, 6) is 0. The van der Waals surface area contributed by atoms with Gasteiger partial charge in [0.15, 0.2) is 0 Å². The highest BCUT2D eigenvalue weighted by atomic mass is 79.9. The summed E-state index contributed by atoms with van der Waals surface area (Å²) in [5.41, 5.74) is 1.86. The Bertz CT molecular complexity index is 473. The molecule has 0 aliphatic carbocycles. The van der Waals surface area contributed by atoms with Gasteiger partial charge in [0.05, 0.1) is 5.56 Å². The topological polar surface area (TPSA) is 39.1 Å². The lowest BCUT2D eigenvalue weighted by molar-refractivity contribution is 0.553. The van der Waals surface area contributed by atoms with Crippen LogP contribution >= 0.6 is 15.9 Å².